The van der Waals surface area contributed by atoms with Crippen LogP contribution in [0.2, 0.25) is 0 Å². The Morgan fingerprint density at radius 1 is 0.706 bits per heavy atom. The summed E-state index contributed by atoms with van der Waals surface area (Å²) >= 11 is 0. The quantitative estimate of drug-likeness (QED) is 0.728. The van der Waals surface area contributed by atoms with Gasteiger partial charge in [0.1, 0.15) is 0 Å². The van der Waals surface area contributed by atoms with E-state index in [1.165, 1.54) is 32.1 Å². The Hall–Kier alpha value is -0.0800. The molecule has 2 unspecified atom stereocenters. The van der Waals surface area contributed by atoms with Gasteiger partial charge in [0.25, 0.3) is 0 Å². The van der Waals surface area contributed by atoms with Crippen LogP contribution in [0.3, 0.4) is 0 Å². The normalized spacial score (nSPS) is 29.3. The van der Waals surface area contributed by atoms with Crippen molar-refractivity contribution in [2.24, 2.45) is 11.8 Å². The fourth-order valence-corrected chi connectivity index (χ4v) is 2.42. The van der Waals surface area contributed by atoms with Crippen molar-refractivity contribution in [1.82, 2.24) is 0 Å². The number of ether oxygens (including phenoxy) is 2. The zero-order chi connectivity index (χ0) is 12.7. The van der Waals surface area contributed by atoms with Gasteiger partial charge >= 0.3 is 0 Å². The molecule has 2 saturated heterocycles. The van der Waals surface area contributed by atoms with Crippen LogP contribution in [-0.2, 0) is 9.47 Å². The van der Waals surface area contributed by atoms with E-state index in [-0.39, 0.29) is 0 Å². The molecule has 2 atom stereocenters. The van der Waals surface area contributed by atoms with E-state index < -0.39 is 0 Å². The van der Waals surface area contributed by atoms with E-state index in [9.17, 15) is 0 Å². The minimum atomic E-state index is 0.554. The molecule has 0 aliphatic carbocycles. The Morgan fingerprint density at radius 3 is 1.41 bits per heavy atom. The summed E-state index contributed by atoms with van der Waals surface area (Å²) in [5.41, 5.74) is 0. The van der Waals surface area contributed by atoms with Gasteiger partial charge in [-0.3, -0.25) is 0 Å². The summed E-state index contributed by atoms with van der Waals surface area (Å²) in [5, 5.41) is 0. The lowest BCUT2D eigenvalue weighted by atomic mass is 9.99. The highest BCUT2D eigenvalue weighted by atomic mass is 16.5. The summed E-state index contributed by atoms with van der Waals surface area (Å²) in [7, 11) is 0. The molecule has 2 aliphatic rings. The van der Waals surface area contributed by atoms with Crippen LogP contribution >= 0.6 is 0 Å². The lowest BCUT2D eigenvalue weighted by Gasteiger charge is -2.25. The molecule has 2 nitrogen and oxygen atoms in total. The van der Waals surface area contributed by atoms with Gasteiger partial charge in [-0.05, 0) is 43.9 Å². The van der Waals surface area contributed by atoms with Crippen LogP contribution in [0.4, 0.5) is 0 Å². The van der Waals surface area contributed by atoms with Gasteiger partial charge in [0, 0.05) is 13.2 Å². The molecule has 0 bridgehead atoms. The average molecular weight is 242 g/mol. The molecule has 2 aliphatic heterocycles. The van der Waals surface area contributed by atoms with Crippen molar-refractivity contribution >= 4 is 0 Å². The highest BCUT2D eigenvalue weighted by molar-refractivity contribution is 4.67. The molecule has 0 spiro atoms. The molecule has 2 fully saturated rings. The molecule has 0 aromatic heterocycles. The van der Waals surface area contributed by atoms with Crippen molar-refractivity contribution in [2.45, 2.75) is 72.0 Å². The van der Waals surface area contributed by atoms with Gasteiger partial charge in [-0.1, -0.05) is 27.7 Å². The number of rotatable bonds is 2. The van der Waals surface area contributed by atoms with Crippen LogP contribution in [-0.4, -0.2) is 25.4 Å². The van der Waals surface area contributed by atoms with E-state index in [0.29, 0.717) is 18.1 Å². The molecular weight excluding hydrogens is 212 g/mol. The maximum Gasteiger partial charge on any atom is 0.0598 e. The second-order valence-electron chi connectivity index (χ2n) is 5.94. The van der Waals surface area contributed by atoms with E-state index in [2.05, 4.69) is 27.7 Å². The molecule has 0 radical (unpaired) electrons. The van der Waals surface area contributed by atoms with Gasteiger partial charge in [0.2, 0.25) is 0 Å². The third kappa shape index (κ3) is 5.87. The average Bonchev–Trinajstić information content (AvgIpc) is 2.84. The van der Waals surface area contributed by atoms with Gasteiger partial charge in [0.15, 0.2) is 0 Å². The van der Waals surface area contributed by atoms with Crippen molar-refractivity contribution in [2.75, 3.05) is 13.2 Å². The topological polar surface area (TPSA) is 18.5 Å². The predicted molar refractivity (Wildman–Crippen MR) is 72.2 cm³/mol. The largest absolute Gasteiger partial charge is 0.378 e. The Labute approximate surface area is 107 Å². The smallest absolute Gasteiger partial charge is 0.0598 e. The molecule has 2 heteroatoms. The van der Waals surface area contributed by atoms with Gasteiger partial charge in [-0.25, -0.2) is 0 Å². The lowest BCUT2D eigenvalue weighted by Crippen LogP contribution is -2.24. The van der Waals surface area contributed by atoms with Crippen LogP contribution in [0.25, 0.3) is 0 Å². The van der Waals surface area contributed by atoms with Crippen LogP contribution in [0.5, 0.6) is 0 Å². The number of hydrogen-bond donors (Lipinski definition) is 0. The Balaban J connectivity index is 0.000000171. The Bertz CT molecular complexity index is 177. The predicted octanol–water partition coefficient (Wildman–Crippen LogP) is 4.03. The molecule has 0 saturated carbocycles. The first-order chi connectivity index (χ1) is 8.11. The second kappa shape index (κ2) is 8.10. The number of hydrogen-bond acceptors (Lipinski definition) is 2. The SMILES string of the molecule is CC(C)C1CCCCO1.CC(C)C1CCCO1. The van der Waals surface area contributed by atoms with Crippen LogP contribution < -0.4 is 0 Å². The first-order valence-corrected chi connectivity index (χ1v) is 7.34. The molecule has 0 aromatic carbocycles. The summed E-state index contributed by atoms with van der Waals surface area (Å²) in [5.74, 6) is 1.43. The minimum absolute atomic E-state index is 0.554. The maximum absolute atomic E-state index is 5.54. The minimum Gasteiger partial charge on any atom is -0.378 e. The van der Waals surface area contributed by atoms with E-state index in [0.717, 1.165) is 19.1 Å². The monoisotopic (exact) mass is 242 g/mol. The van der Waals surface area contributed by atoms with Crippen molar-refractivity contribution in [1.29, 1.82) is 0 Å². The first-order valence-electron chi connectivity index (χ1n) is 7.34. The van der Waals surface area contributed by atoms with Gasteiger partial charge in [0.05, 0.1) is 12.2 Å². The van der Waals surface area contributed by atoms with Crippen LogP contribution in [0.15, 0.2) is 0 Å². The Morgan fingerprint density at radius 2 is 1.18 bits per heavy atom. The van der Waals surface area contributed by atoms with Gasteiger partial charge in [-0.15, -0.1) is 0 Å². The summed E-state index contributed by atoms with van der Waals surface area (Å²) < 4.78 is 11.0. The fraction of sp³-hybridized carbons (Fsp3) is 1.00. The van der Waals surface area contributed by atoms with Crippen molar-refractivity contribution in [3.8, 4) is 0 Å². The molecule has 0 aromatic rings. The van der Waals surface area contributed by atoms with Gasteiger partial charge in [-0.2, -0.15) is 0 Å². The third-order valence-electron chi connectivity index (χ3n) is 3.67. The van der Waals surface area contributed by atoms with Crippen molar-refractivity contribution < 1.29 is 9.47 Å². The molecule has 2 rings (SSSR count). The molecule has 0 amide bonds. The van der Waals surface area contributed by atoms with Crippen LogP contribution in [0, 0.1) is 11.8 Å². The zero-order valence-electron chi connectivity index (χ0n) is 12.1. The third-order valence-corrected chi connectivity index (χ3v) is 3.67. The van der Waals surface area contributed by atoms with Crippen molar-refractivity contribution in [3.63, 3.8) is 0 Å². The molecule has 102 valence electrons. The summed E-state index contributed by atoms with van der Waals surface area (Å²) in [6.07, 6.45) is 7.57. The Kier molecular flexibility index (Phi) is 7.14. The van der Waals surface area contributed by atoms with Crippen molar-refractivity contribution in [3.05, 3.63) is 0 Å². The van der Waals surface area contributed by atoms with Crippen LogP contribution in [0.1, 0.15) is 59.8 Å². The van der Waals surface area contributed by atoms with E-state index in [1.807, 2.05) is 0 Å². The molecule has 17 heavy (non-hydrogen) atoms. The van der Waals surface area contributed by atoms with E-state index in [1.54, 1.807) is 0 Å². The van der Waals surface area contributed by atoms with E-state index >= 15 is 0 Å². The van der Waals surface area contributed by atoms with Gasteiger partial charge < -0.3 is 9.47 Å². The highest BCUT2D eigenvalue weighted by Crippen LogP contribution is 2.19. The maximum atomic E-state index is 5.54. The fourth-order valence-electron chi connectivity index (χ4n) is 2.42. The molecular formula is C15H30O2. The second-order valence-corrected chi connectivity index (χ2v) is 5.94. The van der Waals surface area contributed by atoms with E-state index in [4.69, 9.17) is 9.47 Å². The summed E-state index contributed by atoms with van der Waals surface area (Å²) in [4.78, 5) is 0. The zero-order valence-corrected chi connectivity index (χ0v) is 12.1. The lowest BCUT2D eigenvalue weighted by molar-refractivity contribution is -0.0115. The molecule has 2 heterocycles. The standard InChI is InChI=1S/C8H16O.C7H14O/c1-7(2)8-5-3-4-6-9-8;1-6(2)7-4-3-5-8-7/h7-8H,3-6H2,1-2H3;6-7H,3-5H2,1-2H3. The summed E-state index contributed by atoms with van der Waals surface area (Å²) in [6.45, 7) is 10.9. The molecule has 0 N–H and O–H groups in total. The first kappa shape index (κ1) is 15.0. The summed E-state index contributed by atoms with van der Waals surface area (Å²) in [6, 6.07) is 0. The highest BCUT2D eigenvalue weighted by Gasteiger charge is 2.18.